The Hall–Kier alpha value is -0.310. The van der Waals surface area contributed by atoms with E-state index in [4.69, 9.17) is 5.84 Å². The van der Waals surface area contributed by atoms with Gasteiger partial charge in [-0.1, -0.05) is 5.22 Å². The van der Waals surface area contributed by atoms with Gasteiger partial charge in [0, 0.05) is 7.05 Å². The van der Waals surface area contributed by atoms with E-state index in [2.05, 4.69) is 24.6 Å². The Labute approximate surface area is 115 Å². The Balaban J connectivity index is 2.69. The summed E-state index contributed by atoms with van der Waals surface area (Å²) in [5.74, 6) is 5.78. The first-order valence-electron chi connectivity index (χ1n) is 3.94. The lowest BCUT2D eigenvalue weighted by Gasteiger charge is -2.30. The number of nitrogens with zero attached hydrogens (tertiary/aromatic N) is 5. The summed E-state index contributed by atoms with van der Waals surface area (Å²) in [5.41, 5.74) is 0.620. The second kappa shape index (κ2) is 3.59. The number of hydrogen-bond acceptors (Lipinski definition) is 4. The fourth-order valence-electron chi connectivity index (χ4n) is 1.22. The van der Waals surface area contributed by atoms with Crippen LogP contribution in [0.2, 0.25) is 0 Å². The molecule has 3 N–H and O–H groups in total. The minimum absolute atomic E-state index is 0.213. The molecule has 2 rings (SSSR count). The molecule has 0 saturated heterocycles. The zero-order chi connectivity index (χ0) is 12.0. The van der Waals surface area contributed by atoms with Crippen LogP contribution in [-0.4, -0.2) is 19.8 Å². The van der Waals surface area contributed by atoms with Crippen molar-refractivity contribution in [1.29, 1.82) is 0 Å². The number of aryl methyl sites for hydroxylation is 1. The summed E-state index contributed by atoms with van der Waals surface area (Å²) in [4.78, 5) is 0. The molecule has 1 aromatic rings. The summed E-state index contributed by atoms with van der Waals surface area (Å²) in [5, 5.41) is 10.9. The van der Waals surface area contributed by atoms with Crippen LogP contribution in [0.3, 0.4) is 0 Å². The van der Waals surface area contributed by atoms with Crippen molar-refractivity contribution < 1.29 is 4.21 Å². The van der Waals surface area contributed by atoms with Crippen LogP contribution in [0.4, 0.5) is 5.82 Å². The molecule has 11 heteroatoms. The highest BCUT2D eigenvalue weighted by Gasteiger charge is 2.37. The Kier molecular flexibility index (Phi) is 2.73. The monoisotopic (exact) mass is 467 g/mol. The van der Waals surface area contributed by atoms with Crippen LogP contribution in [0.5, 0.6) is 0 Å². The highest BCUT2D eigenvalue weighted by atomic mass is 127. The van der Waals surface area contributed by atoms with E-state index < -0.39 is 3.78 Å². The maximum absolute atomic E-state index is 12.4. The molecule has 1 aliphatic heterocycles. The number of anilines is 1. The topological polar surface area (TPSA) is 110 Å². The second-order valence-corrected chi connectivity index (χ2v) is 19.7. The molecule has 0 saturated carbocycles. The minimum Gasteiger partial charge on any atom is -0.305 e. The van der Waals surface area contributed by atoms with Crippen molar-refractivity contribution in [2.24, 2.45) is 27.6 Å². The van der Waals surface area contributed by atoms with Gasteiger partial charge in [-0.25, -0.2) is 4.21 Å². The molecule has 1 aromatic heterocycles. The lowest BCUT2D eigenvalue weighted by Crippen LogP contribution is -2.30. The van der Waals surface area contributed by atoms with Gasteiger partial charge in [-0.3, -0.25) is 9.40 Å². The molecule has 0 atom stereocenters. The van der Waals surface area contributed by atoms with Crippen LogP contribution in [0.25, 0.3) is 0 Å². The van der Waals surface area contributed by atoms with Crippen molar-refractivity contribution in [3.8, 4) is 0 Å². The van der Waals surface area contributed by atoms with E-state index in [9.17, 15) is 4.21 Å². The smallest absolute Gasteiger partial charge is 0.200 e. The summed E-state index contributed by atoms with van der Waals surface area (Å²) < 4.78 is 17.4. The molecule has 2 heterocycles. The van der Waals surface area contributed by atoms with Gasteiger partial charge in [0.2, 0.25) is 0 Å². The summed E-state index contributed by atoms with van der Waals surface area (Å²) in [6.45, 7) is 0. The van der Waals surface area contributed by atoms with Crippen LogP contribution < -0.4 is 10.6 Å². The third-order valence-electron chi connectivity index (χ3n) is 1.83. The SMILES string of the molecule is Cn1ncc2c1NS(=O)(I)(I)N=C2N=NN. The third kappa shape index (κ3) is 2.20. The first-order valence-corrected chi connectivity index (χ1v) is 10.9. The predicted molar refractivity (Wildman–Crippen MR) is 78.6 cm³/mol. The van der Waals surface area contributed by atoms with E-state index >= 15 is 0 Å². The van der Waals surface area contributed by atoms with E-state index in [1.54, 1.807) is 60.3 Å². The molecular weight excluding hydrogens is 460 g/mol. The van der Waals surface area contributed by atoms with Crippen molar-refractivity contribution in [2.45, 2.75) is 0 Å². The number of nitrogens with two attached hydrogens (primary N) is 1. The van der Waals surface area contributed by atoms with E-state index in [0.29, 0.717) is 11.4 Å². The van der Waals surface area contributed by atoms with Crippen molar-refractivity contribution in [3.63, 3.8) is 0 Å². The molecule has 0 radical (unpaired) electrons. The van der Waals surface area contributed by atoms with Crippen LogP contribution >= 0.6 is 42.4 Å². The van der Waals surface area contributed by atoms with Gasteiger partial charge in [-0.05, 0) is 0 Å². The van der Waals surface area contributed by atoms with Gasteiger partial charge in [0.1, 0.15) is 9.60 Å². The van der Waals surface area contributed by atoms with Crippen molar-refractivity contribution in [3.05, 3.63) is 11.8 Å². The summed E-state index contributed by atoms with van der Waals surface area (Å²) in [7, 11) is 1.73. The number of hydrogen-bond donors (Lipinski definition) is 2. The zero-order valence-electron chi connectivity index (χ0n) is 7.96. The lowest BCUT2D eigenvalue weighted by molar-refractivity contribution is 0.683. The molecule has 0 aliphatic carbocycles. The molecule has 16 heavy (non-hydrogen) atoms. The number of aromatic nitrogens is 2. The molecule has 0 aromatic carbocycles. The molecule has 88 valence electrons. The molecule has 0 amide bonds. The van der Waals surface area contributed by atoms with Gasteiger partial charge in [0.15, 0.2) is 5.84 Å². The standard InChI is InChI=1S/C5H7I2N7OS/c1-14-5-3(2-9-14)4(10-13-8)11-16(6,7,15)12-5/h2H,1H3,(H3,8,10,11,12,15). The fraction of sp³-hybridized carbons (Fsp3) is 0.200. The Morgan fingerprint density at radius 2 is 2.31 bits per heavy atom. The third-order valence-corrected chi connectivity index (χ3v) is 5.33. The van der Waals surface area contributed by atoms with Gasteiger partial charge in [0.05, 0.1) is 54.2 Å². The van der Waals surface area contributed by atoms with Crippen molar-refractivity contribution >= 4 is 57.8 Å². The maximum atomic E-state index is 12.4. The van der Waals surface area contributed by atoms with Crippen LogP contribution in [0, 0.1) is 0 Å². The van der Waals surface area contributed by atoms with Crippen LogP contribution in [0.15, 0.2) is 20.9 Å². The average Bonchev–Trinajstić information content (AvgIpc) is 2.45. The number of halogens is 2. The van der Waals surface area contributed by atoms with E-state index in [0.717, 1.165) is 0 Å². The predicted octanol–water partition coefficient (Wildman–Crippen LogP) is 1.27. The Bertz CT molecular complexity index is 569. The molecule has 8 nitrogen and oxygen atoms in total. The lowest BCUT2D eigenvalue weighted by atomic mass is 10.3. The van der Waals surface area contributed by atoms with Gasteiger partial charge in [0.25, 0.3) is 0 Å². The molecule has 0 fully saturated rings. The van der Waals surface area contributed by atoms with Gasteiger partial charge in [-0.2, -0.15) is 9.50 Å². The van der Waals surface area contributed by atoms with Crippen molar-refractivity contribution in [1.82, 2.24) is 9.78 Å². The normalized spacial score (nSPS) is 23.9. The van der Waals surface area contributed by atoms with Gasteiger partial charge >= 0.3 is 0 Å². The molecule has 1 aliphatic rings. The summed E-state index contributed by atoms with van der Waals surface area (Å²) in [6.07, 6.45) is 1.56. The quantitative estimate of drug-likeness (QED) is 0.197. The van der Waals surface area contributed by atoms with E-state index in [-0.39, 0.29) is 5.84 Å². The second-order valence-electron chi connectivity index (χ2n) is 2.99. The minimum atomic E-state index is -3.39. The summed E-state index contributed by atoms with van der Waals surface area (Å²) in [6, 6.07) is 0. The number of fused-ring (bicyclic) bond motifs is 1. The van der Waals surface area contributed by atoms with Gasteiger partial charge in [-0.15, -0.1) is 5.11 Å². The Morgan fingerprint density at radius 3 is 2.94 bits per heavy atom. The largest absolute Gasteiger partial charge is 0.305 e. The average molecular weight is 467 g/mol. The molecular formula is C5H7I2N7OS. The molecule has 0 bridgehead atoms. The van der Waals surface area contributed by atoms with E-state index in [1.807, 2.05) is 0 Å². The van der Waals surface area contributed by atoms with Gasteiger partial charge < -0.3 is 5.84 Å². The van der Waals surface area contributed by atoms with Crippen molar-refractivity contribution in [2.75, 3.05) is 4.72 Å². The van der Waals surface area contributed by atoms with Crippen LogP contribution in [-0.2, 0) is 10.8 Å². The highest BCUT2D eigenvalue weighted by Crippen LogP contribution is 2.48. The highest BCUT2D eigenvalue weighted by molar-refractivity contribution is 14.3. The zero-order valence-corrected chi connectivity index (χ0v) is 13.1. The van der Waals surface area contributed by atoms with E-state index in [1.165, 1.54) is 0 Å². The summed E-state index contributed by atoms with van der Waals surface area (Å²) >= 11 is 3.50. The maximum Gasteiger partial charge on any atom is 0.200 e. The molecule has 0 spiro atoms. The first-order chi connectivity index (χ1) is 7.30. The number of rotatable bonds is 0. The first kappa shape index (κ1) is 12.2. The Morgan fingerprint density at radius 1 is 1.62 bits per heavy atom. The fourth-order valence-corrected chi connectivity index (χ4v) is 4.61. The number of amidine groups is 1. The number of nitrogens with one attached hydrogen (secondary N) is 1. The van der Waals surface area contributed by atoms with Crippen LogP contribution in [0.1, 0.15) is 5.56 Å². The molecule has 0 unspecified atom stereocenters.